The van der Waals surface area contributed by atoms with E-state index in [0.717, 1.165) is 18.2 Å². The molecular formula is C19H18FN5O5. The number of ether oxygens (including phenoxy) is 1. The Hall–Kier alpha value is -3.73. The molecular weight excluding hydrogens is 397 g/mol. The molecule has 2 amide bonds. The fourth-order valence-corrected chi connectivity index (χ4v) is 3.30. The largest absolute Gasteiger partial charge is 0.378 e. The van der Waals surface area contributed by atoms with Crippen LogP contribution in [0, 0.1) is 15.9 Å². The molecule has 1 fully saturated rings. The molecule has 3 heterocycles. The van der Waals surface area contributed by atoms with Crippen molar-refractivity contribution < 1.29 is 23.6 Å². The molecule has 1 aromatic carbocycles. The minimum Gasteiger partial charge on any atom is -0.378 e. The van der Waals surface area contributed by atoms with Gasteiger partial charge in [0, 0.05) is 36.5 Å². The predicted molar refractivity (Wildman–Crippen MR) is 105 cm³/mol. The summed E-state index contributed by atoms with van der Waals surface area (Å²) in [6.07, 6.45) is 1.66. The van der Waals surface area contributed by atoms with E-state index in [1.165, 1.54) is 0 Å². The van der Waals surface area contributed by atoms with E-state index in [-0.39, 0.29) is 18.1 Å². The summed E-state index contributed by atoms with van der Waals surface area (Å²) in [7, 11) is 0. The zero-order chi connectivity index (χ0) is 21.3. The summed E-state index contributed by atoms with van der Waals surface area (Å²) in [5.74, 6) is -1.17. The molecule has 3 N–H and O–H groups in total. The Morgan fingerprint density at radius 2 is 2.00 bits per heavy atom. The number of carbonyl (C=O) groups excluding carboxylic acids is 2. The molecule has 2 aliphatic heterocycles. The molecule has 30 heavy (non-hydrogen) atoms. The number of amides is 2. The van der Waals surface area contributed by atoms with E-state index in [1.54, 1.807) is 17.0 Å². The zero-order valence-corrected chi connectivity index (χ0v) is 15.7. The van der Waals surface area contributed by atoms with E-state index >= 15 is 0 Å². The van der Waals surface area contributed by atoms with Gasteiger partial charge in [0.05, 0.1) is 30.2 Å². The van der Waals surface area contributed by atoms with Crippen molar-refractivity contribution >= 4 is 29.4 Å². The van der Waals surface area contributed by atoms with Gasteiger partial charge in [-0.25, -0.2) is 4.39 Å². The quantitative estimate of drug-likeness (QED) is 0.515. The molecule has 0 saturated carbocycles. The zero-order valence-electron chi connectivity index (χ0n) is 15.7. The van der Waals surface area contributed by atoms with Gasteiger partial charge in [-0.15, -0.1) is 0 Å². The maximum Gasteiger partial charge on any atom is 0.270 e. The summed E-state index contributed by atoms with van der Waals surface area (Å²) < 4.78 is 19.2. The number of morpholine rings is 1. The Labute approximate surface area is 169 Å². The average Bonchev–Trinajstić information content (AvgIpc) is 3.17. The number of aromatic nitrogens is 1. The lowest BCUT2D eigenvalue weighted by Gasteiger charge is -2.26. The fourth-order valence-electron chi connectivity index (χ4n) is 3.30. The van der Waals surface area contributed by atoms with Crippen LogP contribution in [0.3, 0.4) is 0 Å². The number of hydrogen-bond acceptors (Lipinski definition) is 6. The number of aromatic amines is 1. The van der Waals surface area contributed by atoms with E-state index in [2.05, 4.69) is 15.6 Å². The molecule has 0 radical (unpaired) electrons. The minimum atomic E-state index is -0.858. The summed E-state index contributed by atoms with van der Waals surface area (Å²) in [5.41, 5.74) is 0.697. The fraction of sp³-hybridized carbons (Fsp3) is 0.263. The lowest BCUT2D eigenvalue weighted by atomic mass is 10.1. The van der Waals surface area contributed by atoms with Gasteiger partial charge in [-0.2, -0.15) is 0 Å². The highest BCUT2D eigenvalue weighted by atomic mass is 19.1. The number of halogens is 1. The number of hydrogen-bond donors (Lipinski definition) is 3. The van der Waals surface area contributed by atoms with E-state index in [4.69, 9.17) is 4.74 Å². The first-order chi connectivity index (χ1) is 14.4. The van der Waals surface area contributed by atoms with E-state index in [0.29, 0.717) is 49.1 Å². The molecule has 4 rings (SSSR count). The van der Waals surface area contributed by atoms with Crippen LogP contribution >= 0.6 is 0 Å². The van der Waals surface area contributed by atoms with Crippen molar-refractivity contribution in [2.24, 2.45) is 0 Å². The number of rotatable bonds is 4. The lowest BCUT2D eigenvalue weighted by molar-refractivity contribution is -0.384. The first-order valence-corrected chi connectivity index (χ1v) is 9.22. The topological polar surface area (TPSA) is 130 Å². The summed E-state index contributed by atoms with van der Waals surface area (Å²) in [6, 6.07) is 4.43. The second kappa shape index (κ2) is 7.95. The van der Waals surface area contributed by atoms with Gasteiger partial charge >= 0.3 is 0 Å². The van der Waals surface area contributed by atoms with Crippen LogP contribution < -0.4 is 10.6 Å². The number of benzene rings is 1. The Morgan fingerprint density at radius 3 is 2.73 bits per heavy atom. The summed E-state index contributed by atoms with van der Waals surface area (Å²) >= 11 is 0. The van der Waals surface area contributed by atoms with Crippen LogP contribution in [0.2, 0.25) is 0 Å². The van der Waals surface area contributed by atoms with Crippen molar-refractivity contribution in [1.29, 1.82) is 0 Å². The van der Waals surface area contributed by atoms with Crippen molar-refractivity contribution in [2.75, 3.05) is 38.2 Å². The minimum absolute atomic E-state index is 0.146. The molecule has 2 aliphatic rings. The number of nitrogens with zero attached hydrogens (tertiary/aromatic N) is 2. The van der Waals surface area contributed by atoms with Crippen LogP contribution in [0.25, 0.3) is 6.08 Å². The van der Waals surface area contributed by atoms with Crippen LogP contribution in [0.5, 0.6) is 0 Å². The number of non-ortho nitro benzene ring substituents is 1. The Morgan fingerprint density at radius 1 is 1.23 bits per heavy atom. The number of fused-ring (bicyclic) bond motifs is 1. The van der Waals surface area contributed by atoms with Gasteiger partial charge in [-0.3, -0.25) is 19.7 Å². The van der Waals surface area contributed by atoms with Gasteiger partial charge in [0.25, 0.3) is 17.5 Å². The lowest BCUT2D eigenvalue weighted by Crippen LogP contribution is -2.40. The number of nitrogens with one attached hydrogen (secondary N) is 3. The number of anilines is 1. The molecule has 0 aliphatic carbocycles. The first kappa shape index (κ1) is 19.6. The third-order valence-electron chi connectivity index (χ3n) is 4.84. The predicted octanol–water partition coefficient (Wildman–Crippen LogP) is 1.73. The molecule has 156 valence electrons. The third-order valence-corrected chi connectivity index (χ3v) is 4.84. The molecule has 0 unspecified atom stereocenters. The van der Waals surface area contributed by atoms with E-state index in [1.807, 2.05) is 0 Å². The average molecular weight is 415 g/mol. The first-order valence-electron chi connectivity index (χ1n) is 9.22. The molecule has 0 bridgehead atoms. The number of carbonyl (C=O) groups is 2. The standard InChI is InChI=1S/C19H18FN5O5/c20-15-2-1-13(25(28)29)9-14(15)18(26)22-12-7-11-8-16(23-17(11)21-10-12)19(27)24-3-5-30-6-4-24/h1-2,7-9,21,23H,3-6,10H2,(H,22,26). The van der Waals surface area contributed by atoms with Gasteiger partial charge in [0.2, 0.25) is 0 Å². The highest BCUT2D eigenvalue weighted by molar-refractivity contribution is 5.98. The van der Waals surface area contributed by atoms with E-state index < -0.39 is 22.2 Å². The van der Waals surface area contributed by atoms with Gasteiger partial charge in [0.1, 0.15) is 17.3 Å². The van der Waals surface area contributed by atoms with Crippen LogP contribution in [-0.4, -0.2) is 59.5 Å². The SMILES string of the molecule is O=C(NC1=Cc2cc(C(=O)N3CCOCC3)[nH]c2NC1)c1cc([N+](=O)[O-])ccc1F. The monoisotopic (exact) mass is 415 g/mol. The van der Waals surface area contributed by atoms with Gasteiger partial charge in [-0.1, -0.05) is 0 Å². The smallest absolute Gasteiger partial charge is 0.270 e. The maximum atomic E-state index is 14.0. The van der Waals surface area contributed by atoms with Gasteiger partial charge in [0.15, 0.2) is 0 Å². The molecule has 0 atom stereocenters. The Bertz CT molecular complexity index is 1060. The van der Waals surface area contributed by atoms with Crippen molar-refractivity contribution in [2.45, 2.75) is 0 Å². The highest BCUT2D eigenvalue weighted by Crippen LogP contribution is 2.25. The highest BCUT2D eigenvalue weighted by Gasteiger charge is 2.24. The Balaban J connectivity index is 1.51. The van der Waals surface area contributed by atoms with Crippen LogP contribution in [0.1, 0.15) is 26.4 Å². The maximum absolute atomic E-state index is 14.0. The van der Waals surface area contributed by atoms with Gasteiger partial charge < -0.3 is 25.3 Å². The van der Waals surface area contributed by atoms with Crippen molar-refractivity contribution in [3.05, 3.63) is 62.7 Å². The molecule has 0 spiro atoms. The molecule has 2 aromatic rings. The Kier molecular flexibility index (Phi) is 5.19. The second-order valence-electron chi connectivity index (χ2n) is 6.82. The van der Waals surface area contributed by atoms with Crippen LogP contribution in [-0.2, 0) is 4.74 Å². The van der Waals surface area contributed by atoms with Crippen molar-refractivity contribution in [3.63, 3.8) is 0 Å². The van der Waals surface area contributed by atoms with Crippen LogP contribution in [0.15, 0.2) is 30.0 Å². The third kappa shape index (κ3) is 3.87. The van der Waals surface area contributed by atoms with Crippen molar-refractivity contribution in [3.8, 4) is 0 Å². The van der Waals surface area contributed by atoms with E-state index in [9.17, 15) is 24.1 Å². The number of nitro groups is 1. The van der Waals surface area contributed by atoms with Gasteiger partial charge in [-0.05, 0) is 18.2 Å². The molecule has 1 aromatic heterocycles. The molecule has 1 saturated heterocycles. The summed E-state index contributed by atoms with van der Waals surface area (Å²) in [4.78, 5) is 39.9. The normalized spacial score (nSPS) is 15.6. The second-order valence-corrected chi connectivity index (χ2v) is 6.82. The molecule has 11 heteroatoms. The summed E-state index contributed by atoms with van der Waals surface area (Å²) in [5, 5.41) is 16.5. The number of H-pyrrole nitrogens is 1. The van der Waals surface area contributed by atoms with Crippen molar-refractivity contribution in [1.82, 2.24) is 15.2 Å². The summed E-state index contributed by atoms with van der Waals surface area (Å²) in [6.45, 7) is 2.24. The number of nitro benzene ring substituents is 1. The van der Waals surface area contributed by atoms with Crippen LogP contribution in [0.4, 0.5) is 15.9 Å². The molecule has 10 nitrogen and oxygen atoms in total.